The van der Waals surface area contributed by atoms with Crippen molar-refractivity contribution in [2.45, 2.75) is 6.18 Å². The highest BCUT2D eigenvalue weighted by Crippen LogP contribution is 2.31. The van der Waals surface area contributed by atoms with Crippen LogP contribution in [0.1, 0.15) is 15.9 Å². The molecule has 1 heterocycles. The normalized spacial score (nSPS) is 11.2. The van der Waals surface area contributed by atoms with E-state index in [1.165, 1.54) is 17.8 Å². The molecule has 0 N–H and O–H groups in total. The molecule has 0 atom stereocenters. The van der Waals surface area contributed by atoms with Crippen LogP contribution in [-0.2, 0) is 13.2 Å². The highest BCUT2D eigenvalue weighted by molar-refractivity contribution is 5.97. The van der Waals surface area contributed by atoms with E-state index in [1.54, 1.807) is 0 Å². The van der Waals surface area contributed by atoms with Crippen molar-refractivity contribution in [3.8, 4) is 0 Å². The summed E-state index contributed by atoms with van der Waals surface area (Å²) in [7, 11) is 1.51. The van der Waals surface area contributed by atoms with E-state index < -0.39 is 23.2 Å². The average molecular weight is 217 g/mol. The zero-order valence-electron chi connectivity index (χ0n) is 7.88. The van der Waals surface area contributed by atoms with Crippen molar-refractivity contribution < 1.29 is 22.5 Å². The quantitative estimate of drug-likeness (QED) is 0.516. The van der Waals surface area contributed by atoms with Crippen LogP contribution in [0.5, 0.6) is 0 Å². The van der Waals surface area contributed by atoms with Crippen LogP contribution in [-0.4, -0.2) is 12.6 Å². The number of aromatic nitrogens is 1. The number of hydrogen-bond donors (Lipinski definition) is 0. The largest absolute Gasteiger partial charge is 0.417 e. The minimum atomic E-state index is -4.57. The number of aliphatic imine (C=N–C) groups is 1. The number of amides is 1. The third kappa shape index (κ3) is 2.39. The van der Waals surface area contributed by atoms with E-state index in [-0.39, 0.29) is 0 Å². The molecular formula is C9H8F3N2O+. The van der Waals surface area contributed by atoms with Crippen molar-refractivity contribution in [2.24, 2.45) is 12.0 Å². The summed E-state index contributed by atoms with van der Waals surface area (Å²) in [6, 6.07) is 0.832. The lowest BCUT2D eigenvalue weighted by Crippen LogP contribution is -2.30. The van der Waals surface area contributed by atoms with Crippen LogP contribution < -0.4 is 4.57 Å². The van der Waals surface area contributed by atoms with Crippen LogP contribution in [0.3, 0.4) is 0 Å². The fraction of sp³-hybridized carbons (Fsp3) is 0.222. The first-order valence-electron chi connectivity index (χ1n) is 3.94. The van der Waals surface area contributed by atoms with Gasteiger partial charge < -0.3 is 0 Å². The van der Waals surface area contributed by atoms with Crippen molar-refractivity contribution in [1.29, 1.82) is 0 Å². The molecule has 0 aromatic carbocycles. The molecule has 0 bridgehead atoms. The number of aryl methyl sites for hydroxylation is 1. The fourth-order valence-electron chi connectivity index (χ4n) is 1.10. The molecule has 6 heteroatoms. The van der Waals surface area contributed by atoms with Crippen LogP contribution >= 0.6 is 0 Å². The van der Waals surface area contributed by atoms with Gasteiger partial charge in [-0.2, -0.15) is 13.2 Å². The Morgan fingerprint density at radius 2 is 2.13 bits per heavy atom. The maximum absolute atomic E-state index is 12.5. The van der Waals surface area contributed by atoms with Gasteiger partial charge in [0.1, 0.15) is 12.6 Å². The van der Waals surface area contributed by atoms with Crippen LogP contribution in [0.15, 0.2) is 23.5 Å². The number of nitrogens with zero attached hydrogens (tertiary/aromatic N) is 2. The molecule has 1 amide bonds. The van der Waals surface area contributed by atoms with Crippen molar-refractivity contribution in [2.75, 3.05) is 0 Å². The molecule has 0 radical (unpaired) electrons. The molecule has 0 saturated heterocycles. The smallest absolute Gasteiger partial charge is 0.267 e. The Hall–Kier alpha value is -1.72. The van der Waals surface area contributed by atoms with E-state index in [0.29, 0.717) is 0 Å². The Bertz CT molecular complexity index is 412. The monoisotopic (exact) mass is 217 g/mol. The molecule has 0 aliphatic carbocycles. The van der Waals surface area contributed by atoms with E-state index in [0.717, 1.165) is 12.3 Å². The molecule has 0 unspecified atom stereocenters. The van der Waals surface area contributed by atoms with Gasteiger partial charge in [0.05, 0.1) is 5.56 Å². The molecule has 0 aliphatic rings. The molecule has 0 saturated carbocycles. The number of halogens is 3. The van der Waals surface area contributed by atoms with Crippen molar-refractivity contribution >= 4 is 12.6 Å². The van der Waals surface area contributed by atoms with Crippen molar-refractivity contribution in [3.63, 3.8) is 0 Å². The van der Waals surface area contributed by atoms with Gasteiger partial charge in [-0.05, 0) is 6.72 Å². The first kappa shape index (κ1) is 11.4. The summed E-state index contributed by atoms with van der Waals surface area (Å²) in [5, 5.41) is 0. The number of alkyl halides is 3. The van der Waals surface area contributed by atoms with E-state index in [2.05, 4.69) is 11.7 Å². The number of pyridine rings is 1. The van der Waals surface area contributed by atoms with Crippen LogP contribution in [0.2, 0.25) is 0 Å². The summed E-state index contributed by atoms with van der Waals surface area (Å²) in [5.74, 6) is -0.987. The molecule has 1 rings (SSSR count). The van der Waals surface area contributed by atoms with Gasteiger partial charge in [-0.3, -0.25) is 4.79 Å². The van der Waals surface area contributed by atoms with Crippen molar-refractivity contribution in [1.82, 2.24) is 0 Å². The molecule has 3 nitrogen and oxygen atoms in total. The summed E-state index contributed by atoms with van der Waals surface area (Å²) in [5.41, 5.74) is -1.50. The summed E-state index contributed by atoms with van der Waals surface area (Å²) in [6.45, 7) is 2.91. The summed E-state index contributed by atoms with van der Waals surface area (Å²) in [6.07, 6.45) is -2.29. The predicted octanol–water partition coefficient (Wildman–Crippen LogP) is 1.37. The predicted molar refractivity (Wildman–Crippen MR) is 46.5 cm³/mol. The van der Waals surface area contributed by atoms with E-state index in [9.17, 15) is 18.0 Å². The number of rotatable bonds is 1. The number of carbonyl (C=O) groups is 1. The SMILES string of the molecule is C=NC(=O)c1c[n+](C)ccc1C(F)(F)F. The topological polar surface area (TPSA) is 33.3 Å². The first-order chi connectivity index (χ1) is 6.86. The molecule has 0 fully saturated rings. The minimum absolute atomic E-state index is 0.498. The lowest BCUT2D eigenvalue weighted by atomic mass is 10.1. The second kappa shape index (κ2) is 3.80. The summed E-state index contributed by atoms with van der Waals surface area (Å²) < 4.78 is 38.7. The third-order valence-electron chi connectivity index (χ3n) is 1.78. The molecule has 0 spiro atoms. The van der Waals surface area contributed by atoms with Gasteiger partial charge in [-0.1, -0.05) is 0 Å². The van der Waals surface area contributed by atoms with E-state index in [1.807, 2.05) is 0 Å². The Morgan fingerprint density at radius 3 is 2.60 bits per heavy atom. The molecule has 0 aliphatic heterocycles. The zero-order chi connectivity index (χ0) is 11.6. The van der Waals surface area contributed by atoms with Crippen LogP contribution in [0.4, 0.5) is 13.2 Å². The Balaban J connectivity index is 3.39. The standard InChI is InChI=1S/C9H8F3N2O/c1-13-8(15)6-5-14(2)4-3-7(6)9(10,11)12/h3-5H,1H2,2H3/q+1. The van der Waals surface area contributed by atoms with Gasteiger partial charge in [0.25, 0.3) is 5.91 Å². The van der Waals surface area contributed by atoms with E-state index in [4.69, 9.17) is 0 Å². The Kier molecular flexibility index (Phi) is 2.88. The molecule has 1 aromatic rings. The summed E-state index contributed by atoms with van der Waals surface area (Å²) in [4.78, 5) is 14.1. The van der Waals surface area contributed by atoms with E-state index >= 15 is 0 Å². The molecular weight excluding hydrogens is 209 g/mol. The van der Waals surface area contributed by atoms with Gasteiger partial charge in [0, 0.05) is 6.07 Å². The van der Waals surface area contributed by atoms with Gasteiger partial charge in [0.15, 0.2) is 12.4 Å². The number of carbonyl (C=O) groups excluding carboxylic acids is 1. The number of hydrogen-bond acceptors (Lipinski definition) is 1. The third-order valence-corrected chi connectivity index (χ3v) is 1.78. The van der Waals surface area contributed by atoms with Gasteiger partial charge in [0.2, 0.25) is 0 Å². The van der Waals surface area contributed by atoms with Crippen LogP contribution in [0, 0.1) is 0 Å². The fourth-order valence-corrected chi connectivity index (χ4v) is 1.10. The van der Waals surface area contributed by atoms with Gasteiger partial charge in [-0.15, -0.1) is 0 Å². The second-order valence-electron chi connectivity index (χ2n) is 2.90. The summed E-state index contributed by atoms with van der Waals surface area (Å²) >= 11 is 0. The molecule has 15 heavy (non-hydrogen) atoms. The second-order valence-corrected chi connectivity index (χ2v) is 2.90. The van der Waals surface area contributed by atoms with Crippen LogP contribution in [0.25, 0.3) is 0 Å². The lowest BCUT2D eigenvalue weighted by molar-refractivity contribution is -0.671. The average Bonchev–Trinajstić information content (AvgIpc) is 2.14. The highest BCUT2D eigenvalue weighted by Gasteiger charge is 2.36. The maximum Gasteiger partial charge on any atom is 0.417 e. The van der Waals surface area contributed by atoms with Crippen molar-refractivity contribution in [3.05, 3.63) is 29.6 Å². The molecule has 1 aromatic heterocycles. The lowest BCUT2D eigenvalue weighted by Gasteiger charge is -2.08. The first-order valence-corrected chi connectivity index (χ1v) is 3.94. The Labute approximate surface area is 83.9 Å². The zero-order valence-corrected chi connectivity index (χ0v) is 7.88. The van der Waals surface area contributed by atoms with Gasteiger partial charge >= 0.3 is 6.18 Å². The maximum atomic E-state index is 12.5. The van der Waals surface area contributed by atoms with Gasteiger partial charge in [-0.25, -0.2) is 9.56 Å². The Morgan fingerprint density at radius 1 is 1.53 bits per heavy atom. The molecule has 80 valence electrons. The highest BCUT2D eigenvalue weighted by atomic mass is 19.4. The minimum Gasteiger partial charge on any atom is -0.267 e.